The SMILES string of the molecule is Cc1ccc([N+](=O)[O-])c(Oc2ccc(CCl)c(Cl)c2)c1. The van der Waals surface area contributed by atoms with E-state index in [0.717, 1.165) is 11.1 Å². The Kier molecular flexibility index (Phi) is 4.47. The van der Waals surface area contributed by atoms with Gasteiger partial charge in [-0.1, -0.05) is 23.7 Å². The number of ether oxygens (including phenoxy) is 1. The number of nitro groups is 1. The summed E-state index contributed by atoms with van der Waals surface area (Å²) in [6, 6.07) is 9.68. The van der Waals surface area contributed by atoms with E-state index in [-0.39, 0.29) is 11.4 Å². The molecule has 104 valence electrons. The van der Waals surface area contributed by atoms with Gasteiger partial charge in [0.25, 0.3) is 0 Å². The molecule has 0 aromatic heterocycles. The Morgan fingerprint density at radius 2 is 2.00 bits per heavy atom. The fourth-order valence-electron chi connectivity index (χ4n) is 1.68. The topological polar surface area (TPSA) is 52.4 Å². The Hall–Kier alpha value is -1.78. The third-order valence-corrected chi connectivity index (χ3v) is 3.35. The Bertz CT molecular complexity index is 659. The van der Waals surface area contributed by atoms with Gasteiger partial charge in [0, 0.05) is 17.0 Å². The maximum absolute atomic E-state index is 11.0. The number of alkyl halides is 1. The minimum Gasteiger partial charge on any atom is -0.450 e. The van der Waals surface area contributed by atoms with Crippen molar-refractivity contribution in [3.05, 3.63) is 62.7 Å². The molecule has 0 fully saturated rings. The molecule has 20 heavy (non-hydrogen) atoms. The van der Waals surface area contributed by atoms with E-state index in [4.69, 9.17) is 27.9 Å². The average molecular weight is 312 g/mol. The van der Waals surface area contributed by atoms with Gasteiger partial charge >= 0.3 is 5.69 Å². The van der Waals surface area contributed by atoms with Crippen LogP contribution in [0.5, 0.6) is 11.5 Å². The van der Waals surface area contributed by atoms with Crippen molar-refractivity contribution in [3.63, 3.8) is 0 Å². The van der Waals surface area contributed by atoms with Gasteiger partial charge in [-0.15, -0.1) is 11.6 Å². The summed E-state index contributed by atoms with van der Waals surface area (Å²) in [4.78, 5) is 10.5. The highest BCUT2D eigenvalue weighted by atomic mass is 35.5. The summed E-state index contributed by atoms with van der Waals surface area (Å²) in [7, 11) is 0. The minimum atomic E-state index is -0.483. The summed E-state index contributed by atoms with van der Waals surface area (Å²) in [5, 5.41) is 11.4. The van der Waals surface area contributed by atoms with Crippen LogP contribution in [-0.4, -0.2) is 4.92 Å². The zero-order chi connectivity index (χ0) is 14.7. The number of nitro benzene ring substituents is 1. The number of rotatable bonds is 4. The van der Waals surface area contributed by atoms with Gasteiger partial charge in [-0.25, -0.2) is 0 Å². The summed E-state index contributed by atoms with van der Waals surface area (Å²) in [6.07, 6.45) is 0. The summed E-state index contributed by atoms with van der Waals surface area (Å²) in [5.41, 5.74) is 1.56. The van der Waals surface area contributed by atoms with Crippen LogP contribution >= 0.6 is 23.2 Å². The molecule has 0 atom stereocenters. The molecule has 0 N–H and O–H groups in total. The molecule has 0 aliphatic carbocycles. The zero-order valence-electron chi connectivity index (χ0n) is 10.6. The van der Waals surface area contributed by atoms with Crippen molar-refractivity contribution in [3.8, 4) is 11.5 Å². The summed E-state index contributed by atoms with van der Waals surface area (Å²) >= 11 is 11.7. The molecule has 0 amide bonds. The lowest BCUT2D eigenvalue weighted by Gasteiger charge is -2.08. The highest BCUT2D eigenvalue weighted by molar-refractivity contribution is 6.32. The quantitative estimate of drug-likeness (QED) is 0.449. The number of aryl methyl sites for hydroxylation is 1. The van der Waals surface area contributed by atoms with E-state index in [2.05, 4.69) is 0 Å². The molecule has 2 aromatic rings. The molecule has 2 aromatic carbocycles. The van der Waals surface area contributed by atoms with Crippen molar-refractivity contribution in [1.82, 2.24) is 0 Å². The first-order valence-corrected chi connectivity index (χ1v) is 6.70. The lowest BCUT2D eigenvalue weighted by atomic mass is 10.2. The average Bonchev–Trinajstić information content (AvgIpc) is 2.38. The van der Waals surface area contributed by atoms with Crippen LogP contribution in [-0.2, 0) is 5.88 Å². The molecule has 0 aliphatic heterocycles. The summed E-state index contributed by atoms with van der Waals surface area (Å²) in [6.45, 7) is 1.83. The lowest BCUT2D eigenvalue weighted by Crippen LogP contribution is -1.94. The van der Waals surface area contributed by atoms with Gasteiger partial charge in [0.15, 0.2) is 0 Å². The third-order valence-electron chi connectivity index (χ3n) is 2.71. The van der Waals surface area contributed by atoms with Gasteiger partial charge in [-0.05, 0) is 36.2 Å². The fraction of sp³-hybridized carbons (Fsp3) is 0.143. The zero-order valence-corrected chi connectivity index (χ0v) is 12.1. The molecule has 0 saturated heterocycles. The van der Waals surface area contributed by atoms with Gasteiger partial charge in [0.2, 0.25) is 5.75 Å². The first kappa shape index (κ1) is 14.6. The van der Waals surface area contributed by atoms with Crippen LogP contribution in [0, 0.1) is 17.0 Å². The largest absolute Gasteiger partial charge is 0.450 e. The van der Waals surface area contributed by atoms with E-state index in [1.165, 1.54) is 6.07 Å². The van der Waals surface area contributed by atoms with E-state index in [0.29, 0.717) is 16.7 Å². The standard InChI is InChI=1S/C14H11Cl2NO3/c1-9-2-5-13(17(18)19)14(6-9)20-11-4-3-10(8-15)12(16)7-11/h2-7H,8H2,1H3. The number of hydrogen-bond donors (Lipinski definition) is 0. The molecule has 2 rings (SSSR count). The predicted octanol–water partition coefficient (Wildman–Crippen LogP) is 5.09. The van der Waals surface area contributed by atoms with Crippen LogP contribution in [0.4, 0.5) is 5.69 Å². The Balaban J connectivity index is 2.36. The van der Waals surface area contributed by atoms with Crippen molar-refractivity contribution in [2.45, 2.75) is 12.8 Å². The molecule has 0 spiro atoms. The highest BCUT2D eigenvalue weighted by Crippen LogP contribution is 2.33. The normalized spacial score (nSPS) is 10.3. The van der Waals surface area contributed by atoms with Gasteiger partial charge in [-0.2, -0.15) is 0 Å². The number of hydrogen-bond acceptors (Lipinski definition) is 3. The molecule has 0 heterocycles. The number of benzene rings is 2. The van der Waals surface area contributed by atoms with E-state index in [1.54, 1.807) is 30.3 Å². The second-order valence-corrected chi connectivity index (χ2v) is 4.89. The van der Waals surface area contributed by atoms with Crippen molar-refractivity contribution in [2.75, 3.05) is 0 Å². The second-order valence-electron chi connectivity index (χ2n) is 4.22. The highest BCUT2D eigenvalue weighted by Gasteiger charge is 2.16. The molecular formula is C14H11Cl2NO3. The third kappa shape index (κ3) is 3.21. The maximum Gasteiger partial charge on any atom is 0.311 e. The molecule has 0 radical (unpaired) electrons. The van der Waals surface area contributed by atoms with Crippen molar-refractivity contribution >= 4 is 28.9 Å². The van der Waals surface area contributed by atoms with Crippen LogP contribution < -0.4 is 4.74 Å². The van der Waals surface area contributed by atoms with Crippen LogP contribution in [0.15, 0.2) is 36.4 Å². The first-order valence-electron chi connectivity index (χ1n) is 5.78. The smallest absolute Gasteiger partial charge is 0.311 e. The summed E-state index contributed by atoms with van der Waals surface area (Å²) in [5.74, 6) is 0.909. The van der Waals surface area contributed by atoms with Crippen molar-refractivity contribution in [2.24, 2.45) is 0 Å². The van der Waals surface area contributed by atoms with E-state index in [1.807, 2.05) is 6.92 Å². The number of nitrogens with zero attached hydrogens (tertiary/aromatic N) is 1. The summed E-state index contributed by atoms with van der Waals surface area (Å²) < 4.78 is 5.56. The molecule has 0 aliphatic rings. The van der Waals surface area contributed by atoms with Crippen molar-refractivity contribution in [1.29, 1.82) is 0 Å². The molecule has 6 heteroatoms. The van der Waals surface area contributed by atoms with E-state index < -0.39 is 4.92 Å². The molecule has 0 saturated carbocycles. The van der Waals surface area contributed by atoms with Gasteiger partial charge in [-0.3, -0.25) is 10.1 Å². The van der Waals surface area contributed by atoms with E-state index >= 15 is 0 Å². The van der Waals surface area contributed by atoms with Crippen LogP contribution in [0.25, 0.3) is 0 Å². The second kappa shape index (κ2) is 6.11. The van der Waals surface area contributed by atoms with Gasteiger partial charge < -0.3 is 4.74 Å². The molecular weight excluding hydrogens is 301 g/mol. The van der Waals surface area contributed by atoms with Crippen LogP contribution in [0.1, 0.15) is 11.1 Å². The Morgan fingerprint density at radius 1 is 1.25 bits per heavy atom. The fourth-order valence-corrected chi connectivity index (χ4v) is 2.22. The molecule has 0 unspecified atom stereocenters. The van der Waals surface area contributed by atoms with Gasteiger partial charge in [0.05, 0.1) is 4.92 Å². The predicted molar refractivity (Wildman–Crippen MR) is 78.9 cm³/mol. The lowest BCUT2D eigenvalue weighted by molar-refractivity contribution is -0.385. The maximum atomic E-state index is 11.0. The monoisotopic (exact) mass is 311 g/mol. The Labute approximate surface area is 126 Å². The number of halogens is 2. The van der Waals surface area contributed by atoms with E-state index in [9.17, 15) is 10.1 Å². The Morgan fingerprint density at radius 3 is 2.60 bits per heavy atom. The minimum absolute atomic E-state index is 0.0897. The molecule has 0 bridgehead atoms. The first-order chi connectivity index (χ1) is 9.51. The van der Waals surface area contributed by atoms with Crippen LogP contribution in [0.2, 0.25) is 5.02 Å². The molecule has 4 nitrogen and oxygen atoms in total. The van der Waals surface area contributed by atoms with Crippen molar-refractivity contribution < 1.29 is 9.66 Å². The van der Waals surface area contributed by atoms with Gasteiger partial charge in [0.1, 0.15) is 5.75 Å². The van der Waals surface area contributed by atoms with Crippen LogP contribution in [0.3, 0.4) is 0 Å².